The molecule has 110 valence electrons. The molecule has 1 aromatic carbocycles. The second-order valence-electron chi connectivity index (χ2n) is 5.90. The zero-order valence-corrected chi connectivity index (χ0v) is 14.5. The number of nitrogens with zero attached hydrogens (tertiary/aromatic N) is 2. The number of rotatable bonds is 0. The van der Waals surface area contributed by atoms with Crippen molar-refractivity contribution in [3.63, 3.8) is 0 Å². The second kappa shape index (κ2) is 6.33. The van der Waals surface area contributed by atoms with Gasteiger partial charge in [-0.25, -0.2) is 0 Å². The van der Waals surface area contributed by atoms with Gasteiger partial charge in [0.15, 0.2) is 5.96 Å². The van der Waals surface area contributed by atoms with Crippen molar-refractivity contribution in [2.75, 3.05) is 20.1 Å². The zero-order chi connectivity index (χ0) is 13.3. The Hall–Kier alpha value is -0.780. The van der Waals surface area contributed by atoms with Crippen LogP contribution in [0.1, 0.15) is 36.8 Å². The van der Waals surface area contributed by atoms with Gasteiger partial charge in [0.25, 0.3) is 0 Å². The normalized spacial score (nSPS) is 26.1. The van der Waals surface area contributed by atoms with Crippen LogP contribution in [0.2, 0.25) is 0 Å². The number of benzene rings is 1. The summed E-state index contributed by atoms with van der Waals surface area (Å²) >= 11 is 0. The highest BCUT2D eigenvalue weighted by molar-refractivity contribution is 14.0. The minimum Gasteiger partial charge on any atom is -0.370 e. The summed E-state index contributed by atoms with van der Waals surface area (Å²) in [4.78, 5) is 6.44. The Morgan fingerprint density at radius 3 is 2.80 bits per heavy atom. The fourth-order valence-electron chi connectivity index (χ4n) is 3.90. The largest absolute Gasteiger partial charge is 0.370 e. The number of aryl methyl sites for hydroxylation is 1. The smallest absolute Gasteiger partial charge is 0.190 e. The molecule has 2 aliphatic rings. The number of nitrogens with two attached hydrogens (primary N) is 1. The van der Waals surface area contributed by atoms with Gasteiger partial charge < -0.3 is 10.6 Å². The van der Waals surface area contributed by atoms with Crippen molar-refractivity contribution in [1.82, 2.24) is 4.90 Å². The summed E-state index contributed by atoms with van der Waals surface area (Å²) in [7, 11) is 1.78. The number of piperidine rings is 1. The first-order valence-corrected chi connectivity index (χ1v) is 7.31. The first kappa shape index (κ1) is 15.6. The molecule has 1 heterocycles. The van der Waals surface area contributed by atoms with Gasteiger partial charge in [0, 0.05) is 25.6 Å². The molecule has 1 atom stereocenters. The number of likely N-dealkylation sites (tertiary alicyclic amines) is 1. The molecule has 3 nitrogen and oxygen atoms in total. The molecule has 0 amide bonds. The summed E-state index contributed by atoms with van der Waals surface area (Å²) in [6.45, 7) is 2.08. The molecule has 1 aliphatic carbocycles. The number of hydrogen-bond acceptors (Lipinski definition) is 1. The number of hydrogen-bond donors (Lipinski definition) is 1. The average molecular weight is 385 g/mol. The van der Waals surface area contributed by atoms with E-state index in [1.165, 1.54) is 32.1 Å². The molecule has 0 bridgehead atoms. The molecule has 1 unspecified atom stereocenters. The molecular formula is C16H24IN3. The lowest BCUT2D eigenvalue weighted by atomic mass is 9.66. The highest BCUT2D eigenvalue weighted by Gasteiger charge is 2.40. The molecule has 4 heteroatoms. The highest BCUT2D eigenvalue weighted by atomic mass is 127. The van der Waals surface area contributed by atoms with Crippen LogP contribution in [0.15, 0.2) is 29.3 Å². The van der Waals surface area contributed by atoms with Gasteiger partial charge in [0.1, 0.15) is 0 Å². The zero-order valence-electron chi connectivity index (χ0n) is 12.1. The number of aliphatic imine (C=N–C) groups is 1. The van der Waals surface area contributed by atoms with E-state index >= 15 is 0 Å². The average Bonchev–Trinajstić information content (AvgIpc) is 2.47. The molecule has 3 rings (SSSR count). The standard InChI is InChI=1S/C16H23N3.HI/c1-18-15(17)19-11-5-10-16(12-19)9-4-7-13-6-2-3-8-14(13)16;/h2-3,6,8H,4-5,7,9-12H2,1H3,(H2,17,18);1H. The lowest BCUT2D eigenvalue weighted by molar-refractivity contribution is 0.191. The SMILES string of the molecule is CN=C(N)N1CCCC2(CCCc3ccccc32)C1.I. The van der Waals surface area contributed by atoms with Gasteiger partial charge >= 0.3 is 0 Å². The van der Waals surface area contributed by atoms with Crippen molar-refractivity contribution >= 4 is 29.9 Å². The van der Waals surface area contributed by atoms with Gasteiger partial charge in [-0.1, -0.05) is 24.3 Å². The van der Waals surface area contributed by atoms with E-state index in [0.29, 0.717) is 11.4 Å². The molecule has 0 saturated carbocycles. The van der Waals surface area contributed by atoms with Crippen LogP contribution >= 0.6 is 24.0 Å². The maximum atomic E-state index is 6.03. The summed E-state index contributed by atoms with van der Waals surface area (Å²) in [5.41, 5.74) is 9.45. The Morgan fingerprint density at radius 1 is 1.25 bits per heavy atom. The fraction of sp³-hybridized carbons (Fsp3) is 0.562. The number of fused-ring (bicyclic) bond motifs is 2. The third-order valence-corrected chi connectivity index (χ3v) is 4.82. The lowest BCUT2D eigenvalue weighted by Gasteiger charge is -2.46. The minimum atomic E-state index is 0. The van der Waals surface area contributed by atoms with E-state index < -0.39 is 0 Å². The fourth-order valence-corrected chi connectivity index (χ4v) is 3.90. The Bertz CT molecular complexity index is 500. The first-order valence-electron chi connectivity index (χ1n) is 7.31. The van der Waals surface area contributed by atoms with E-state index in [2.05, 4.69) is 34.2 Å². The van der Waals surface area contributed by atoms with Crippen LogP contribution in [0.4, 0.5) is 0 Å². The number of guanidine groups is 1. The first-order chi connectivity index (χ1) is 9.25. The third kappa shape index (κ3) is 2.67. The van der Waals surface area contributed by atoms with Crippen LogP contribution in [0, 0.1) is 0 Å². The van der Waals surface area contributed by atoms with Crippen molar-refractivity contribution in [3.05, 3.63) is 35.4 Å². The molecule has 1 spiro atoms. The predicted molar refractivity (Wildman–Crippen MR) is 94.8 cm³/mol. The molecule has 1 fully saturated rings. The third-order valence-electron chi connectivity index (χ3n) is 4.82. The van der Waals surface area contributed by atoms with Crippen molar-refractivity contribution < 1.29 is 0 Å². The second-order valence-corrected chi connectivity index (χ2v) is 5.90. The van der Waals surface area contributed by atoms with Gasteiger partial charge in [0.05, 0.1) is 0 Å². The monoisotopic (exact) mass is 385 g/mol. The van der Waals surface area contributed by atoms with Crippen molar-refractivity contribution in [2.45, 2.75) is 37.5 Å². The van der Waals surface area contributed by atoms with Crippen LogP contribution in [0.3, 0.4) is 0 Å². The summed E-state index contributed by atoms with van der Waals surface area (Å²) < 4.78 is 0. The van der Waals surface area contributed by atoms with E-state index in [9.17, 15) is 0 Å². The number of halogens is 1. The minimum absolute atomic E-state index is 0. The Kier molecular flexibility index (Phi) is 4.94. The Balaban J connectivity index is 0.00000147. The van der Waals surface area contributed by atoms with Gasteiger partial charge in [-0.15, -0.1) is 24.0 Å². The summed E-state index contributed by atoms with van der Waals surface area (Å²) in [5, 5.41) is 0. The van der Waals surface area contributed by atoms with Crippen LogP contribution in [0.25, 0.3) is 0 Å². The lowest BCUT2D eigenvalue weighted by Crippen LogP contribution is -2.52. The van der Waals surface area contributed by atoms with Gasteiger partial charge in [0.2, 0.25) is 0 Å². The van der Waals surface area contributed by atoms with Crippen LogP contribution < -0.4 is 5.73 Å². The van der Waals surface area contributed by atoms with Gasteiger partial charge in [-0.2, -0.15) is 0 Å². The molecular weight excluding hydrogens is 361 g/mol. The summed E-state index contributed by atoms with van der Waals surface area (Å²) in [6, 6.07) is 8.98. The Labute approximate surface area is 138 Å². The molecule has 20 heavy (non-hydrogen) atoms. The summed E-state index contributed by atoms with van der Waals surface area (Å²) in [6.07, 6.45) is 6.32. The molecule has 0 radical (unpaired) electrons. The molecule has 1 aromatic rings. The molecule has 1 saturated heterocycles. The van der Waals surface area contributed by atoms with Crippen LogP contribution in [0.5, 0.6) is 0 Å². The highest BCUT2D eigenvalue weighted by Crippen LogP contribution is 2.43. The topological polar surface area (TPSA) is 41.6 Å². The molecule has 1 aliphatic heterocycles. The summed E-state index contributed by atoms with van der Waals surface area (Å²) in [5.74, 6) is 0.696. The maximum Gasteiger partial charge on any atom is 0.190 e. The predicted octanol–water partition coefficient (Wildman–Crippen LogP) is 2.92. The van der Waals surface area contributed by atoms with Crippen molar-refractivity contribution in [2.24, 2.45) is 10.7 Å². The van der Waals surface area contributed by atoms with Crippen LogP contribution in [-0.2, 0) is 11.8 Å². The molecule has 0 aromatic heterocycles. The van der Waals surface area contributed by atoms with Crippen molar-refractivity contribution in [3.8, 4) is 0 Å². The van der Waals surface area contributed by atoms with E-state index in [4.69, 9.17) is 5.73 Å². The quantitative estimate of drug-likeness (QED) is 0.424. The van der Waals surface area contributed by atoms with Crippen molar-refractivity contribution in [1.29, 1.82) is 0 Å². The Morgan fingerprint density at radius 2 is 2.00 bits per heavy atom. The molecule has 2 N–H and O–H groups in total. The van der Waals surface area contributed by atoms with Crippen LogP contribution in [-0.4, -0.2) is 31.0 Å². The van der Waals surface area contributed by atoms with Gasteiger partial charge in [-0.05, 0) is 43.2 Å². The van der Waals surface area contributed by atoms with E-state index in [1.807, 2.05) is 0 Å². The van der Waals surface area contributed by atoms with E-state index in [1.54, 1.807) is 18.2 Å². The van der Waals surface area contributed by atoms with E-state index in [-0.39, 0.29) is 24.0 Å². The van der Waals surface area contributed by atoms with Gasteiger partial charge in [-0.3, -0.25) is 4.99 Å². The maximum absolute atomic E-state index is 6.03. The van der Waals surface area contributed by atoms with E-state index in [0.717, 1.165) is 13.1 Å².